The van der Waals surface area contributed by atoms with Crippen molar-refractivity contribution in [3.05, 3.63) is 89.5 Å². The number of hydrogen-bond donors (Lipinski definition) is 1. The normalized spacial score (nSPS) is 10.6. The van der Waals surface area contributed by atoms with Crippen LogP contribution in [0.5, 0.6) is 17.2 Å². The van der Waals surface area contributed by atoms with Crippen LogP contribution in [0.3, 0.4) is 0 Å². The van der Waals surface area contributed by atoms with E-state index in [0.717, 1.165) is 23.2 Å². The molecule has 0 saturated heterocycles. The Bertz CT molecular complexity index is 814. The van der Waals surface area contributed by atoms with Gasteiger partial charge in [0.2, 0.25) is 0 Å². The van der Waals surface area contributed by atoms with Gasteiger partial charge < -0.3 is 18.9 Å². The highest BCUT2D eigenvalue weighted by Gasteiger charge is 2.33. The molecule has 3 aromatic carbocycles. The van der Waals surface area contributed by atoms with Crippen molar-refractivity contribution in [2.75, 3.05) is 13.6 Å². The first-order chi connectivity index (χ1) is 14.3. The minimum Gasteiger partial charge on any atom is -0.386 e. The molecule has 0 unspecified atom stereocenters. The first kappa shape index (κ1) is 23.5. The first-order valence-corrected chi connectivity index (χ1v) is 11.3. The van der Waals surface area contributed by atoms with E-state index in [9.17, 15) is 4.57 Å². The second-order valence-electron chi connectivity index (χ2n) is 6.87. The van der Waals surface area contributed by atoms with Gasteiger partial charge in [-0.2, -0.15) is 4.57 Å². The predicted octanol–water partition coefficient (Wildman–Crippen LogP) is 6.48. The molecule has 0 spiro atoms. The number of phosphoric ester groups is 1. The highest BCUT2D eigenvalue weighted by atomic mass is 31.2. The molecule has 0 heterocycles. The highest BCUT2D eigenvalue weighted by Crippen LogP contribution is 2.49. The fourth-order valence-corrected chi connectivity index (χ4v) is 3.49. The molecule has 160 valence electrons. The lowest BCUT2D eigenvalue weighted by molar-refractivity contribution is 0.298. The van der Waals surface area contributed by atoms with E-state index in [1.165, 1.54) is 0 Å². The molecule has 5 nitrogen and oxygen atoms in total. The topological polar surface area (TPSA) is 56.8 Å². The second-order valence-corrected chi connectivity index (χ2v) is 8.31. The minimum absolute atomic E-state index is 0.415. The molecule has 0 aliphatic heterocycles. The maximum atomic E-state index is 13.3. The van der Waals surface area contributed by atoms with Gasteiger partial charge in [-0.3, -0.25) is 0 Å². The molecule has 3 rings (SSSR count). The zero-order valence-electron chi connectivity index (χ0n) is 18.2. The molecular formula is C24H30NO4P. The number of hydrogen-bond acceptors (Lipinski definition) is 5. The summed E-state index contributed by atoms with van der Waals surface area (Å²) in [6, 6.07) is 21.6. The smallest absolute Gasteiger partial charge is 0.386 e. The number of nitrogens with one attached hydrogen (secondary N) is 1. The van der Waals surface area contributed by atoms with Gasteiger partial charge in [0.25, 0.3) is 0 Å². The van der Waals surface area contributed by atoms with Crippen molar-refractivity contribution in [3.63, 3.8) is 0 Å². The minimum atomic E-state index is -3.93. The van der Waals surface area contributed by atoms with Crippen LogP contribution in [0.1, 0.15) is 23.6 Å². The van der Waals surface area contributed by atoms with Gasteiger partial charge in [0.15, 0.2) is 0 Å². The zero-order chi connectivity index (χ0) is 22.0. The summed E-state index contributed by atoms with van der Waals surface area (Å²) >= 11 is 0. The molecular weight excluding hydrogens is 397 g/mol. The van der Waals surface area contributed by atoms with Crippen molar-refractivity contribution in [2.24, 2.45) is 0 Å². The molecule has 1 N–H and O–H groups in total. The fourth-order valence-electron chi connectivity index (χ4n) is 2.24. The lowest BCUT2D eigenvalue weighted by Crippen LogP contribution is -2.07. The van der Waals surface area contributed by atoms with E-state index in [1.807, 2.05) is 64.2 Å². The Morgan fingerprint density at radius 1 is 0.633 bits per heavy atom. The van der Waals surface area contributed by atoms with Crippen molar-refractivity contribution >= 4 is 7.82 Å². The Hall–Kier alpha value is -2.75. The third-order valence-electron chi connectivity index (χ3n) is 4.07. The third-order valence-corrected chi connectivity index (χ3v) is 5.37. The Labute approximate surface area is 179 Å². The van der Waals surface area contributed by atoms with E-state index in [2.05, 4.69) is 12.2 Å². The van der Waals surface area contributed by atoms with E-state index < -0.39 is 7.82 Å². The van der Waals surface area contributed by atoms with Crippen molar-refractivity contribution in [1.82, 2.24) is 5.32 Å². The molecule has 6 heteroatoms. The Morgan fingerprint density at radius 2 is 0.867 bits per heavy atom. The second kappa shape index (κ2) is 11.4. The van der Waals surface area contributed by atoms with Gasteiger partial charge in [0, 0.05) is 0 Å². The summed E-state index contributed by atoms with van der Waals surface area (Å²) in [6.07, 6.45) is 0. The Balaban J connectivity index is 0.000000735. The quantitative estimate of drug-likeness (QED) is 0.437. The van der Waals surface area contributed by atoms with Crippen LogP contribution < -0.4 is 18.9 Å². The predicted molar refractivity (Wildman–Crippen MR) is 123 cm³/mol. The lowest BCUT2D eigenvalue weighted by atomic mass is 10.2. The molecule has 0 bridgehead atoms. The molecule has 0 amide bonds. The van der Waals surface area contributed by atoms with Crippen LogP contribution in [-0.4, -0.2) is 13.6 Å². The molecule has 0 aromatic heterocycles. The van der Waals surface area contributed by atoms with Gasteiger partial charge in [0.05, 0.1) is 0 Å². The van der Waals surface area contributed by atoms with Crippen molar-refractivity contribution in [1.29, 1.82) is 0 Å². The van der Waals surface area contributed by atoms with Crippen LogP contribution in [0.25, 0.3) is 0 Å². The summed E-state index contributed by atoms with van der Waals surface area (Å²) in [5.74, 6) is 1.24. The number of aryl methyl sites for hydroxylation is 3. The molecule has 3 aromatic rings. The summed E-state index contributed by atoms with van der Waals surface area (Å²) in [4.78, 5) is 0. The van der Waals surface area contributed by atoms with Gasteiger partial charge >= 0.3 is 7.82 Å². The summed E-state index contributed by atoms with van der Waals surface area (Å²) < 4.78 is 30.2. The van der Waals surface area contributed by atoms with Crippen LogP contribution in [0, 0.1) is 20.8 Å². The standard InChI is InChI=1S/C21H21O4P.C3H9N/c1-16-4-10-19(11-5-16)23-26(22,24-20-12-6-17(2)7-13-20)25-21-14-8-18(3)9-15-21;1-3-4-2/h4-15H,1-3H3;4H,3H2,1-2H3. The van der Waals surface area contributed by atoms with Crippen molar-refractivity contribution in [2.45, 2.75) is 27.7 Å². The van der Waals surface area contributed by atoms with Crippen LogP contribution in [0.15, 0.2) is 72.8 Å². The van der Waals surface area contributed by atoms with E-state index >= 15 is 0 Å². The third kappa shape index (κ3) is 7.94. The highest BCUT2D eigenvalue weighted by molar-refractivity contribution is 7.49. The first-order valence-electron chi connectivity index (χ1n) is 9.87. The van der Waals surface area contributed by atoms with Gasteiger partial charge in [-0.15, -0.1) is 0 Å². The van der Waals surface area contributed by atoms with Crippen molar-refractivity contribution in [3.8, 4) is 17.2 Å². The van der Waals surface area contributed by atoms with Gasteiger partial charge in [0.1, 0.15) is 17.2 Å². The Morgan fingerprint density at radius 3 is 1.07 bits per heavy atom. The molecule has 0 aliphatic rings. The fraction of sp³-hybridized carbons (Fsp3) is 0.250. The van der Waals surface area contributed by atoms with E-state index in [1.54, 1.807) is 36.4 Å². The SMILES string of the molecule is CCNC.Cc1ccc(OP(=O)(Oc2ccc(C)cc2)Oc2ccc(C)cc2)cc1. The van der Waals surface area contributed by atoms with E-state index in [0.29, 0.717) is 17.2 Å². The summed E-state index contributed by atoms with van der Waals surface area (Å²) in [6.45, 7) is 9.04. The monoisotopic (exact) mass is 427 g/mol. The van der Waals surface area contributed by atoms with Crippen LogP contribution >= 0.6 is 7.82 Å². The average Bonchev–Trinajstić information content (AvgIpc) is 2.73. The van der Waals surface area contributed by atoms with Gasteiger partial charge in [-0.1, -0.05) is 60.0 Å². The maximum Gasteiger partial charge on any atom is 0.647 e. The summed E-state index contributed by atoms with van der Waals surface area (Å²) in [5.41, 5.74) is 3.23. The number of rotatable bonds is 7. The summed E-state index contributed by atoms with van der Waals surface area (Å²) in [7, 11) is -2.00. The summed E-state index contributed by atoms with van der Waals surface area (Å²) in [5, 5.41) is 2.93. The average molecular weight is 427 g/mol. The Kier molecular flexibility index (Phi) is 8.97. The molecule has 0 fully saturated rings. The van der Waals surface area contributed by atoms with E-state index in [-0.39, 0.29) is 0 Å². The molecule has 0 aliphatic carbocycles. The van der Waals surface area contributed by atoms with Gasteiger partial charge in [-0.05, 0) is 70.8 Å². The van der Waals surface area contributed by atoms with Crippen molar-refractivity contribution < 1.29 is 18.1 Å². The molecule has 0 radical (unpaired) electrons. The van der Waals surface area contributed by atoms with Crippen LogP contribution in [0.4, 0.5) is 0 Å². The van der Waals surface area contributed by atoms with Crippen LogP contribution in [-0.2, 0) is 4.57 Å². The number of benzene rings is 3. The molecule has 30 heavy (non-hydrogen) atoms. The number of phosphoric acid groups is 1. The van der Waals surface area contributed by atoms with Crippen LogP contribution in [0.2, 0.25) is 0 Å². The lowest BCUT2D eigenvalue weighted by Gasteiger charge is -2.19. The zero-order valence-corrected chi connectivity index (χ0v) is 19.1. The van der Waals surface area contributed by atoms with Gasteiger partial charge in [-0.25, -0.2) is 0 Å². The van der Waals surface area contributed by atoms with E-state index in [4.69, 9.17) is 13.6 Å². The maximum absolute atomic E-state index is 13.3. The largest absolute Gasteiger partial charge is 0.647 e. The molecule has 0 atom stereocenters. The molecule has 0 saturated carbocycles.